The minimum atomic E-state index is -0.216. The fourth-order valence-corrected chi connectivity index (χ4v) is 2.90. The molecule has 5 heteroatoms. The van der Waals surface area contributed by atoms with E-state index in [0.29, 0.717) is 0 Å². The third-order valence-electron chi connectivity index (χ3n) is 4.18. The lowest BCUT2D eigenvalue weighted by Gasteiger charge is -2.33. The first-order chi connectivity index (χ1) is 10.3. The van der Waals surface area contributed by atoms with Crippen molar-refractivity contribution in [2.24, 2.45) is 0 Å². The van der Waals surface area contributed by atoms with Crippen LogP contribution in [-0.4, -0.2) is 60.7 Å². The number of carbonyl (C=O) groups excluding carboxylic acids is 1. The number of aromatic nitrogens is 1. The first-order valence-corrected chi connectivity index (χ1v) is 7.38. The molecule has 1 aliphatic heterocycles. The Labute approximate surface area is 124 Å². The lowest BCUT2D eigenvalue weighted by atomic mass is 10.1. The van der Waals surface area contributed by atoms with Crippen LogP contribution in [-0.2, 0) is 11.2 Å². The fourth-order valence-electron chi connectivity index (χ4n) is 2.90. The van der Waals surface area contributed by atoms with Crippen molar-refractivity contribution >= 4 is 17.0 Å². The van der Waals surface area contributed by atoms with Crippen LogP contribution in [0.25, 0.3) is 10.9 Å². The highest BCUT2D eigenvalue weighted by molar-refractivity contribution is 5.83. The molecule has 0 spiro atoms. The van der Waals surface area contributed by atoms with E-state index in [0.717, 1.165) is 39.1 Å². The summed E-state index contributed by atoms with van der Waals surface area (Å²) in [6.45, 7) is 4.35. The number of nitrogens with one attached hydrogen (secondary N) is 1. The number of hydrogen-bond donors (Lipinski definition) is 1. The molecule has 5 nitrogen and oxygen atoms in total. The van der Waals surface area contributed by atoms with Gasteiger partial charge in [0, 0.05) is 49.8 Å². The van der Waals surface area contributed by atoms with Crippen LogP contribution in [0.5, 0.6) is 0 Å². The van der Waals surface area contributed by atoms with Crippen molar-refractivity contribution in [2.45, 2.75) is 6.42 Å². The summed E-state index contributed by atoms with van der Waals surface area (Å²) in [6, 6.07) is 8.40. The van der Waals surface area contributed by atoms with Crippen LogP contribution in [0.2, 0.25) is 0 Å². The standard InChI is InChI=1S/C16H21N3O2/c1-21-16(20)19-10-8-18(9-11-19)7-6-13-12-17-15-5-3-2-4-14(13)15/h2-5,12,17H,6-11H2,1H3. The topological polar surface area (TPSA) is 48.6 Å². The van der Waals surface area contributed by atoms with Gasteiger partial charge in [-0.1, -0.05) is 18.2 Å². The van der Waals surface area contributed by atoms with Gasteiger partial charge in [0.2, 0.25) is 0 Å². The summed E-state index contributed by atoms with van der Waals surface area (Å²) in [5, 5.41) is 1.31. The van der Waals surface area contributed by atoms with Gasteiger partial charge in [-0.2, -0.15) is 0 Å². The summed E-state index contributed by atoms with van der Waals surface area (Å²) in [7, 11) is 1.44. The largest absolute Gasteiger partial charge is 0.453 e. The maximum absolute atomic E-state index is 11.4. The van der Waals surface area contributed by atoms with Gasteiger partial charge in [0.1, 0.15) is 0 Å². The van der Waals surface area contributed by atoms with Crippen molar-refractivity contribution < 1.29 is 9.53 Å². The van der Waals surface area contributed by atoms with Gasteiger partial charge in [-0.25, -0.2) is 4.79 Å². The van der Waals surface area contributed by atoms with E-state index in [2.05, 4.69) is 40.3 Å². The van der Waals surface area contributed by atoms with Gasteiger partial charge in [-0.15, -0.1) is 0 Å². The smallest absolute Gasteiger partial charge is 0.409 e. The van der Waals surface area contributed by atoms with Crippen molar-refractivity contribution in [2.75, 3.05) is 39.8 Å². The Morgan fingerprint density at radius 2 is 2.00 bits per heavy atom. The van der Waals surface area contributed by atoms with Crippen LogP contribution in [0.3, 0.4) is 0 Å². The predicted octanol–water partition coefficient (Wildman–Crippen LogP) is 2.09. The van der Waals surface area contributed by atoms with Gasteiger partial charge in [-0.3, -0.25) is 4.90 Å². The summed E-state index contributed by atoms with van der Waals surface area (Å²) in [5.74, 6) is 0. The molecule has 1 saturated heterocycles. The zero-order chi connectivity index (χ0) is 14.7. The minimum absolute atomic E-state index is 0.216. The number of ether oxygens (including phenoxy) is 1. The molecule has 0 saturated carbocycles. The number of H-pyrrole nitrogens is 1. The molecule has 1 amide bonds. The number of nitrogens with zero attached hydrogens (tertiary/aromatic N) is 2. The van der Waals surface area contributed by atoms with Gasteiger partial charge >= 0.3 is 6.09 Å². The molecule has 21 heavy (non-hydrogen) atoms. The van der Waals surface area contributed by atoms with E-state index in [1.807, 2.05) is 0 Å². The van der Waals surface area contributed by atoms with Crippen molar-refractivity contribution in [1.29, 1.82) is 0 Å². The SMILES string of the molecule is COC(=O)N1CCN(CCc2c[nH]c3ccccc23)CC1. The van der Waals surface area contributed by atoms with Gasteiger partial charge < -0.3 is 14.6 Å². The average Bonchev–Trinajstić information content (AvgIpc) is 2.96. The molecule has 2 heterocycles. The Balaban J connectivity index is 1.54. The monoisotopic (exact) mass is 287 g/mol. The summed E-state index contributed by atoms with van der Waals surface area (Å²) >= 11 is 0. The number of piperazine rings is 1. The summed E-state index contributed by atoms with van der Waals surface area (Å²) in [5.41, 5.74) is 2.56. The lowest BCUT2D eigenvalue weighted by molar-refractivity contribution is 0.0914. The molecule has 1 aromatic carbocycles. The second kappa shape index (κ2) is 6.18. The zero-order valence-electron chi connectivity index (χ0n) is 12.3. The molecule has 1 fully saturated rings. The van der Waals surface area contributed by atoms with E-state index in [9.17, 15) is 4.79 Å². The molecule has 2 aromatic rings. The number of fused-ring (bicyclic) bond motifs is 1. The lowest BCUT2D eigenvalue weighted by Crippen LogP contribution is -2.49. The number of hydrogen-bond acceptors (Lipinski definition) is 3. The van der Waals surface area contributed by atoms with E-state index in [1.54, 1.807) is 4.90 Å². The molecular weight excluding hydrogens is 266 g/mol. The van der Waals surface area contributed by atoms with Crippen LogP contribution in [0.1, 0.15) is 5.56 Å². The van der Waals surface area contributed by atoms with Crippen molar-refractivity contribution in [3.63, 3.8) is 0 Å². The van der Waals surface area contributed by atoms with Gasteiger partial charge in [0.25, 0.3) is 0 Å². The Kier molecular flexibility index (Phi) is 4.10. The molecule has 0 unspecified atom stereocenters. The predicted molar refractivity (Wildman–Crippen MR) is 82.4 cm³/mol. The molecule has 3 rings (SSSR count). The first-order valence-electron chi connectivity index (χ1n) is 7.38. The number of benzene rings is 1. The van der Waals surface area contributed by atoms with E-state index < -0.39 is 0 Å². The normalized spacial score (nSPS) is 16.3. The first kappa shape index (κ1) is 13.9. The molecule has 0 atom stereocenters. The molecule has 0 aliphatic carbocycles. The van der Waals surface area contributed by atoms with Gasteiger partial charge in [0.15, 0.2) is 0 Å². The number of rotatable bonds is 3. The second-order valence-corrected chi connectivity index (χ2v) is 5.41. The number of amides is 1. The average molecular weight is 287 g/mol. The molecule has 0 bridgehead atoms. The van der Waals surface area contributed by atoms with E-state index in [1.165, 1.54) is 23.6 Å². The van der Waals surface area contributed by atoms with Crippen LogP contribution in [0, 0.1) is 0 Å². The Morgan fingerprint density at radius 1 is 1.24 bits per heavy atom. The summed E-state index contributed by atoms with van der Waals surface area (Å²) in [6.07, 6.45) is 2.92. The molecule has 1 aromatic heterocycles. The molecule has 1 N–H and O–H groups in total. The maximum Gasteiger partial charge on any atom is 0.409 e. The van der Waals surface area contributed by atoms with Crippen molar-refractivity contribution in [3.05, 3.63) is 36.0 Å². The molecule has 0 radical (unpaired) electrons. The van der Waals surface area contributed by atoms with Crippen molar-refractivity contribution in [1.82, 2.24) is 14.8 Å². The van der Waals surface area contributed by atoms with E-state index in [4.69, 9.17) is 4.74 Å². The van der Waals surface area contributed by atoms with Gasteiger partial charge in [0.05, 0.1) is 7.11 Å². The third-order valence-corrected chi connectivity index (χ3v) is 4.18. The Morgan fingerprint density at radius 3 is 2.76 bits per heavy atom. The number of methoxy groups -OCH3 is 1. The number of para-hydroxylation sites is 1. The van der Waals surface area contributed by atoms with Crippen molar-refractivity contribution in [3.8, 4) is 0 Å². The second-order valence-electron chi connectivity index (χ2n) is 5.41. The Bertz CT molecular complexity index is 615. The third kappa shape index (κ3) is 3.03. The highest BCUT2D eigenvalue weighted by Gasteiger charge is 2.21. The molecule has 1 aliphatic rings. The highest BCUT2D eigenvalue weighted by Crippen LogP contribution is 2.18. The maximum atomic E-state index is 11.4. The number of aromatic amines is 1. The van der Waals surface area contributed by atoms with Crippen LogP contribution >= 0.6 is 0 Å². The van der Waals surface area contributed by atoms with Crippen LogP contribution in [0.15, 0.2) is 30.5 Å². The highest BCUT2D eigenvalue weighted by atomic mass is 16.5. The quantitative estimate of drug-likeness (QED) is 0.940. The molecular formula is C16H21N3O2. The van der Waals surface area contributed by atoms with E-state index in [-0.39, 0.29) is 6.09 Å². The Hall–Kier alpha value is -2.01. The molecule has 112 valence electrons. The summed E-state index contributed by atoms with van der Waals surface area (Å²) < 4.78 is 4.76. The van der Waals surface area contributed by atoms with Crippen LogP contribution in [0.4, 0.5) is 4.79 Å². The van der Waals surface area contributed by atoms with Crippen LogP contribution < -0.4 is 0 Å². The van der Waals surface area contributed by atoms with E-state index >= 15 is 0 Å². The number of carbonyl (C=O) groups is 1. The zero-order valence-corrected chi connectivity index (χ0v) is 12.3. The van der Waals surface area contributed by atoms with Gasteiger partial charge in [-0.05, 0) is 18.1 Å². The fraction of sp³-hybridized carbons (Fsp3) is 0.438. The summed E-state index contributed by atoms with van der Waals surface area (Å²) in [4.78, 5) is 18.9. The minimum Gasteiger partial charge on any atom is -0.453 e.